The molecule has 2 heterocycles. The number of hydrogen-bond donors (Lipinski definition) is 0. The Morgan fingerprint density at radius 3 is 1.91 bits per heavy atom. The van der Waals surface area contributed by atoms with Crippen LogP contribution in [0.3, 0.4) is 0 Å². The Morgan fingerprint density at radius 2 is 1.31 bits per heavy atom. The van der Waals surface area contributed by atoms with Gasteiger partial charge in [0.2, 0.25) is 10.0 Å². The summed E-state index contributed by atoms with van der Waals surface area (Å²) in [6.45, 7) is 4.09. The molecule has 4 aromatic rings. The predicted molar refractivity (Wildman–Crippen MR) is 140 cm³/mol. The molecule has 0 spiro atoms. The van der Waals surface area contributed by atoms with E-state index in [9.17, 15) is 8.42 Å². The Hall–Kier alpha value is -3.55. The molecular formula is C28H28N4O2S. The summed E-state index contributed by atoms with van der Waals surface area (Å²) in [7, 11) is -3.54. The molecule has 5 rings (SSSR count). The van der Waals surface area contributed by atoms with Crippen LogP contribution in [0.15, 0.2) is 95.9 Å². The minimum Gasteiger partial charge on any atom is -0.352 e. The monoisotopic (exact) mass is 484 g/mol. The highest BCUT2D eigenvalue weighted by molar-refractivity contribution is 7.89. The molecule has 0 N–H and O–H groups in total. The maximum absolute atomic E-state index is 13.2. The van der Waals surface area contributed by atoms with Gasteiger partial charge < -0.3 is 4.90 Å². The number of piperazine rings is 1. The summed E-state index contributed by atoms with van der Waals surface area (Å²) >= 11 is 0. The zero-order valence-corrected chi connectivity index (χ0v) is 20.5. The van der Waals surface area contributed by atoms with Crippen molar-refractivity contribution in [2.45, 2.75) is 18.2 Å². The fourth-order valence-corrected chi connectivity index (χ4v) is 5.74. The van der Waals surface area contributed by atoms with E-state index in [1.54, 1.807) is 16.4 Å². The third kappa shape index (κ3) is 4.97. The number of benzene rings is 3. The predicted octanol–water partition coefficient (Wildman–Crippen LogP) is 4.88. The number of aryl methyl sites for hydroxylation is 1. The third-order valence-electron chi connectivity index (χ3n) is 6.47. The van der Waals surface area contributed by atoms with Crippen molar-refractivity contribution in [1.82, 2.24) is 14.5 Å². The van der Waals surface area contributed by atoms with Crippen molar-refractivity contribution in [2.75, 3.05) is 31.1 Å². The Labute approximate surface area is 206 Å². The molecular weight excluding hydrogens is 456 g/mol. The van der Waals surface area contributed by atoms with Crippen LogP contribution >= 0.6 is 0 Å². The van der Waals surface area contributed by atoms with Crippen molar-refractivity contribution < 1.29 is 8.42 Å². The summed E-state index contributed by atoms with van der Waals surface area (Å²) in [5, 5.41) is 8.82. The van der Waals surface area contributed by atoms with Gasteiger partial charge in [0.15, 0.2) is 5.82 Å². The first-order chi connectivity index (χ1) is 17.0. The highest BCUT2D eigenvalue weighted by atomic mass is 32.2. The van der Waals surface area contributed by atoms with Crippen LogP contribution in [-0.2, 0) is 16.4 Å². The van der Waals surface area contributed by atoms with Crippen LogP contribution in [0.2, 0.25) is 0 Å². The maximum Gasteiger partial charge on any atom is 0.243 e. The first kappa shape index (κ1) is 23.2. The lowest BCUT2D eigenvalue weighted by molar-refractivity contribution is 0.383. The first-order valence-electron chi connectivity index (χ1n) is 11.9. The number of nitrogens with zero attached hydrogens (tertiary/aromatic N) is 4. The smallest absolute Gasteiger partial charge is 0.243 e. The molecule has 7 heteroatoms. The Bertz CT molecular complexity index is 1360. The molecule has 3 aromatic carbocycles. The van der Waals surface area contributed by atoms with Gasteiger partial charge in [0.1, 0.15) is 0 Å². The van der Waals surface area contributed by atoms with E-state index in [0.717, 1.165) is 34.6 Å². The number of anilines is 1. The second-order valence-electron chi connectivity index (χ2n) is 8.61. The zero-order valence-electron chi connectivity index (χ0n) is 19.7. The van der Waals surface area contributed by atoms with Gasteiger partial charge >= 0.3 is 0 Å². The number of sulfonamides is 1. The Morgan fingerprint density at radius 1 is 0.686 bits per heavy atom. The molecule has 0 bridgehead atoms. The molecule has 1 aromatic heterocycles. The van der Waals surface area contributed by atoms with Crippen LogP contribution in [-0.4, -0.2) is 49.1 Å². The molecule has 178 valence electrons. The van der Waals surface area contributed by atoms with E-state index in [1.807, 2.05) is 54.6 Å². The number of rotatable bonds is 6. The summed E-state index contributed by atoms with van der Waals surface area (Å²) in [6.07, 6.45) is 1.01. The molecule has 0 radical (unpaired) electrons. The average molecular weight is 485 g/mol. The molecule has 35 heavy (non-hydrogen) atoms. The van der Waals surface area contributed by atoms with E-state index in [0.29, 0.717) is 31.1 Å². The first-order valence-corrected chi connectivity index (χ1v) is 13.3. The summed E-state index contributed by atoms with van der Waals surface area (Å²) in [6, 6.07) is 29.4. The minimum atomic E-state index is -3.54. The van der Waals surface area contributed by atoms with Gasteiger partial charge in [-0.1, -0.05) is 73.7 Å². The summed E-state index contributed by atoms with van der Waals surface area (Å²) in [5.74, 6) is 0.767. The lowest BCUT2D eigenvalue weighted by Crippen LogP contribution is -2.48. The van der Waals surface area contributed by atoms with Gasteiger partial charge in [0, 0.05) is 31.7 Å². The Kier molecular flexibility index (Phi) is 6.61. The highest BCUT2D eigenvalue weighted by Gasteiger charge is 2.29. The topological polar surface area (TPSA) is 66.4 Å². The molecule has 1 aliphatic heterocycles. The number of aromatic nitrogens is 2. The van der Waals surface area contributed by atoms with Crippen molar-refractivity contribution in [3.63, 3.8) is 0 Å². The van der Waals surface area contributed by atoms with Gasteiger partial charge in [-0.25, -0.2) is 8.42 Å². The molecule has 0 aliphatic carbocycles. The average Bonchev–Trinajstić information content (AvgIpc) is 2.94. The number of hydrogen-bond acceptors (Lipinski definition) is 5. The van der Waals surface area contributed by atoms with E-state index >= 15 is 0 Å². The maximum atomic E-state index is 13.2. The van der Waals surface area contributed by atoms with Crippen molar-refractivity contribution in [3.8, 4) is 22.4 Å². The van der Waals surface area contributed by atoms with Crippen LogP contribution < -0.4 is 4.90 Å². The fourth-order valence-electron chi connectivity index (χ4n) is 4.32. The van der Waals surface area contributed by atoms with Crippen LogP contribution in [0.4, 0.5) is 5.82 Å². The second kappa shape index (κ2) is 9.98. The van der Waals surface area contributed by atoms with Gasteiger partial charge in [0.05, 0.1) is 10.6 Å². The van der Waals surface area contributed by atoms with Crippen LogP contribution in [0.1, 0.15) is 12.5 Å². The lowest BCUT2D eigenvalue weighted by Gasteiger charge is -2.34. The van der Waals surface area contributed by atoms with Crippen LogP contribution in [0, 0.1) is 0 Å². The lowest BCUT2D eigenvalue weighted by atomic mass is 10.1. The van der Waals surface area contributed by atoms with E-state index in [-0.39, 0.29) is 0 Å². The molecule has 0 unspecified atom stereocenters. The molecule has 6 nitrogen and oxygen atoms in total. The summed E-state index contributed by atoms with van der Waals surface area (Å²) < 4.78 is 28.0. The van der Waals surface area contributed by atoms with E-state index in [2.05, 4.69) is 46.3 Å². The molecule has 0 atom stereocenters. The van der Waals surface area contributed by atoms with Gasteiger partial charge in [-0.05, 0) is 47.4 Å². The standard InChI is InChI=1S/C28H28N4O2S/c1-2-22-8-10-25(11-9-22)27-16-17-28(30-29-27)31-18-20-32(21-19-31)35(33,34)26-14-12-24(13-15-26)23-6-4-3-5-7-23/h3-17H,2,18-21H2,1H3. The molecule has 1 saturated heterocycles. The summed E-state index contributed by atoms with van der Waals surface area (Å²) in [5.41, 5.74) is 5.22. The largest absolute Gasteiger partial charge is 0.352 e. The van der Waals surface area contributed by atoms with Crippen LogP contribution in [0.25, 0.3) is 22.4 Å². The second-order valence-corrected chi connectivity index (χ2v) is 10.5. The van der Waals surface area contributed by atoms with Crippen molar-refractivity contribution in [3.05, 3.63) is 96.6 Å². The molecule has 1 fully saturated rings. The van der Waals surface area contributed by atoms with Gasteiger partial charge in [0.25, 0.3) is 0 Å². The normalized spacial score (nSPS) is 14.7. The third-order valence-corrected chi connectivity index (χ3v) is 8.38. The SMILES string of the molecule is CCc1ccc(-c2ccc(N3CCN(S(=O)(=O)c4ccc(-c5ccccc5)cc4)CC3)nn2)cc1. The van der Waals surface area contributed by atoms with E-state index in [1.165, 1.54) is 5.56 Å². The van der Waals surface area contributed by atoms with Crippen molar-refractivity contribution >= 4 is 15.8 Å². The van der Waals surface area contributed by atoms with Crippen molar-refractivity contribution in [2.24, 2.45) is 0 Å². The summed E-state index contributed by atoms with van der Waals surface area (Å²) in [4.78, 5) is 2.41. The minimum absolute atomic E-state index is 0.323. The highest BCUT2D eigenvalue weighted by Crippen LogP contribution is 2.25. The van der Waals surface area contributed by atoms with Crippen LogP contribution in [0.5, 0.6) is 0 Å². The van der Waals surface area contributed by atoms with Crippen molar-refractivity contribution in [1.29, 1.82) is 0 Å². The van der Waals surface area contributed by atoms with E-state index < -0.39 is 10.0 Å². The molecule has 0 amide bonds. The van der Waals surface area contributed by atoms with Gasteiger partial charge in [-0.3, -0.25) is 0 Å². The zero-order chi connectivity index (χ0) is 24.3. The van der Waals surface area contributed by atoms with Gasteiger partial charge in [-0.2, -0.15) is 4.31 Å². The van der Waals surface area contributed by atoms with Gasteiger partial charge in [-0.15, -0.1) is 10.2 Å². The Balaban J connectivity index is 1.23. The quantitative estimate of drug-likeness (QED) is 0.390. The molecule has 1 aliphatic rings. The fraction of sp³-hybridized carbons (Fsp3) is 0.214. The van der Waals surface area contributed by atoms with E-state index in [4.69, 9.17) is 0 Å². The molecule has 0 saturated carbocycles.